The molecule has 132 valence electrons. The number of hydrogen-bond donors (Lipinski definition) is 1. The Bertz CT molecular complexity index is 750. The van der Waals surface area contributed by atoms with E-state index in [1.165, 1.54) is 4.90 Å². The maximum absolute atomic E-state index is 12.9. The number of anilines is 1. The molecule has 2 rings (SSSR count). The van der Waals surface area contributed by atoms with Gasteiger partial charge in [0.25, 0.3) is 0 Å². The second-order valence-corrected chi connectivity index (χ2v) is 6.69. The van der Waals surface area contributed by atoms with Crippen molar-refractivity contribution in [3.63, 3.8) is 0 Å². The molecule has 0 heterocycles. The van der Waals surface area contributed by atoms with Gasteiger partial charge in [-0.2, -0.15) is 0 Å². The molecular formula is C19H21BrN2O3. The summed E-state index contributed by atoms with van der Waals surface area (Å²) >= 11 is 3.39. The molecule has 2 aromatic carbocycles. The molecule has 0 atom stereocenters. The minimum absolute atomic E-state index is 0.0104. The SMILES string of the molecule is CN(CCO)CC(=O)N(C)c1ccc(Br)cc1C(=O)c1ccccc1. The molecule has 6 heteroatoms. The minimum Gasteiger partial charge on any atom is -0.395 e. The van der Waals surface area contributed by atoms with Crippen molar-refractivity contribution in [3.8, 4) is 0 Å². The van der Waals surface area contributed by atoms with Crippen molar-refractivity contribution in [1.29, 1.82) is 0 Å². The first-order chi connectivity index (χ1) is 11.9. The van der Waals surface area contributed by atoms with Crippen LogP contribution in [-0.4, -0.2) is 55.5 Å². The summed E-state index contributed by atoms with van der Waals surface area (Å²) in [6, 6.07) is 14.3. The molecule has 0 bridgehead atoms. The predicted octanol–water partition coefficient (Wildman–Crippen LogP) is 2.57. The molecule has 1 amide bonds. The molecule has 5 nitrogen and oxygen atoms in total. The third-order valence-electron chi connectivity index (χ3n) is 3.86. The van der Waals surface area contributed by atoms with Crippen LogP contribution < -0.4 is 4.90 Å². The van der Waals surface area contributed by atoms with Gasteiger partial charge < -0.3 is 10.0 Å². The first kappa shape index (κ1) is 19.3. The van der Waals surface area contributed by atoms with Gasteiger partial charge in [0.2, 0.25) is 5.91 Å². The molecule has 0 radical (unpaired) electrons. The van der Waals surface area contributed by atoms with E-state index in [0.717, 1.165) is 4.47 Å². The molecule has 0 aromatic heterocycles. The second kappa shape index (κ2) is 8.89. The molecular weight excluding hydrogens is 384 g/mol. The van der Waals surface area contributed by atoms with Crippen LogP contribution in [0.3, 0.4) is 0 Å². The summed E-state index contributed by atoms with van der Waals surface area (Å²) in [6.07, 6.45) is 0. The normalized spacial score (nSPS) is 10.8. The summed E-state index contributed by atoms with van der Waals surface area (Å²) in [5.74, 6) is -0.291. The Balaban J connectivity index is 2.32. The molecule has 0 spiro atoms. The molecule has 1 N–H and O–H groups in total. The van der Waals surface area contributed by atoms with E-state index in [1.54, 1.807) is 49.3 Å². The number of carbonyl (C=O) groups is 2. The number of halogens is 1. The molecule has 25 heavy (non-hydrogen) atoms. The fourth-order valence-electron chi connectivity index (χ4n) is 2.45. The number of benzene rings is 2. The monoisotopic (exact) mass is 404 g/mol. The maximum atomic E-state index is 12.9. The Morgan fingerprint density at radius 2 is 1.76 bits per heavy atom. The van der Waals surface area contributed by atoms with Crippen molar-refractivity contribution in [2.24, 2.45) is 0 Å². The highest BCUT2D eigenvalue weighted by Gasteiger charge is 2.20. The summed E-state index contributed by atoms with van der Waals surface area (Å²) in [5.41, 5.74) is 1.58. The van der Waals surface area contributed by atoms with Gasteiger partial charge in [-0.3, -0.25) is 14.5 Å². The van der Waals surface area contributed by atoms with Crippen LogP contribution in [-0.2, 0) is 4.79 Å². The van der Waals surface area contributed by atoms with Crippen molar-refractivity contribution >= 4 is 33.3 Å². The van der Waals surface area contributed by atoms with Crippen molar-refractivity contribution < 1.29 is 14.7 Å². The number of likely N-dealkylation sites (N-methyl/N-ethyl adjacent to an activating group) is 2. The Labute approximate surface area is 156 Å². The highest BCUT2D eigenvalue weighted by Crippen LogP contribution is 2.26. The van der Waals surface area contributed by atoms with Gasteiger partial charge in [-0.15, -0.1) is 0 Å². The number of carbonyl (C=O) groups excluding carboxylic acids is 2. The fourth-order valence-corrected chi connectivity index (χ4v) is 2.81. The van der Waals surface area contributed by atoms with Crippen molar-refractivity contribution in [2.75, 3.05) is 38.7 Å². The number of aliphatic hydroxyl groups excluding tert-OH is 1. The molecule has 0 unspecified atom stereocenters. The van der Waals surface area contributed by atoms with Gasteiger partial charge in [0.05, 0.1) is 18.8 Å². The van der Waals surface area contributed by atoms with Crippen molar-refractivity contribution in [1.82, 2.24) is 4.90 Å². The highest BCUT2D eigenvalue weighted by atomic mass is 79.9. The van der Waals surface area contributed by atoms with E-state index >= 15 is 0 Å². The molecule has 0 aliphatic heterocycles. The fraction of sp³-hybridized carbons (Fsp3) is 0.263. The lowest BCUT2D eigenvalue weighted by Gasteiger charge is -2.23. The van der Waals surface area contributed by atoms with Crippen LogP contribution in [0.25, 0.3) is 0 Å². The standard InChI is InChI=1S/C19H21BrN2O3/c1-21(10-11-23)13-18(24)22(2)17-9-8-15(20)12-16(17)19(25)14-6-4-3-5-7-14/h3-9,12,23H,10-11,13H2,1-2H3. The number of ketones is 1. The van der Waals surface area contributed by atoms with Crippen LogP contribution in [0.1, 0.15) is 15.9 Å². The second-order valence-electron chi connectivity index (χ2n) is 5.77. The van der Waals surface area contributed by atoms with Gasteiger partial charge in [0.15, 0.2) is 5.78 Å². The lowest BCUT2D eigenvalue weighted by atomic mass is 10.0. The van der Waals surface area contributed by atoms with Crippen LogP contribution in [0, 0.1) is 0 Å². The smallest absolute Gasteiger partial charge is 0.240 e. The van der Waals surface area contributed by atoms with Gasteiger partial charge in [-0.1, -0.05) is 46.3 Å². The van der Waals surface area contributed by atoms with Crippen LogP contribution in [0.5, 0.6) is 0 Å². The first-order valence-corrected chi connectivity index (χ1v) is 8.68. The first-order valence-electron chi connectivity index (χ1n) is 7.89. The number of rotatable bonds is 7. The Morgan fingerprint density at radius 3 is 2.40 bits per heavy atom. The summed E-state index contributed by atoms with van der Waals surface area (Å²) in [7, 11) is 3.42. The lowest BCUT2D eigenvalue weighted by Crippen LogP contribution is -2.38. The lowest BCUT2D eigenvalue weighted by molar-refractivity contribution is -0.119. The van der Waals surface area contributed by atoms with Gasteiger partial charge in [0, 0.05) is 29.2 Å². The van der Waals surface area contributed by atoms with Crippen molar-refractivity contribution in [3.05, 3.63) is 64.1 Å². The number of nitrogens with zero attached hydrogens (tertiary/aromatic N) is 2. The van der Waals surface area contributed by atoms with Crippen LogP contribution >= 0.6 is 15.9 Å². The zero-order valence-corrected chi connectivity index (χ0v) is 15.9. The molecule has 0 fully saturated rings. The number of aliphatic hydroxyl groups is 1. The predicted molar refractivity (Wildman–Crippen MR) is 102 cm³/mol. The molecule has 0 saturated heterocycles. The van der Waals surface area contributed by atoms with Gasteiger partial charge >= 0.3 is 0 Å². The van der Waals surface area contributed by atoms with E-state index in [1.807, 2.05) is 18.2 Å². The maximum Gasteiger partial charge on any atom is 0.240 e. The summed E-state index contributed by atoms with van der Waals surface area (Å²) < 4.78 is 0.772. The van der Waals surface area contributed by atoms with E-state index in [9.17, 15) is 9.59 Å². The van der Waals surface area contributed by atoms with E-state index < -0.39 is 0 Å². The summed E-state index contributed by atoms with van der Waals surface area (Å²) in [5, 5.41) is 8.96. The van der Waals surface area contributed by atoms with E-state index in [2.05, 4.69) is 15.9 Å². The average molecular weight is 405 g/mol. The molecule has 2 aromatic rings. The van der Waals surface area contributed by atoms with E-state index in [-0.39, 0.29) is 24.8 Å². The Hall–Kier alpha value is -2.02. The molecule has 0 aliphatic carbocycles. The zero-order valence-electron chi connectivity index (χ0n) is 14.3. The minimum atomic E-state index is -0.152. The van der Waals surface area contributed by atoms with E-state index in [4.69, 9.17) is 5.11 Å². The van der Waals surface area contributed by atoms with Crippen LogP contribution in [0.2, 0.25) is 0 Å². The third-order valence-corrected chi connectivity index (χ3v) is 4.35. The van der Waals surface area contributed by atoms with Crippen LogP contribution in [0.4, 0.5) is 5.69 Å². The zero-order chi connectivity index (χ0) is 18.4. The molecule has 0 aliphatic rings. The highest BCUT2D eigenvalue weighted by molar-refractivity contribution is 9.10. The number of hydrogen-bond acceptors (Lipinski definition) is 4. The number of amides is 1. The topological polar surface area (TPSA) is 60.9 Å². The Morgan fingerprint density at radius 1 is 1.08 bits per heavy atom. The van der Waals surface area contributed by atoms with Gasteiger partial charge in [-0.05, 0) is 25.2 Å². The average Bonchev–Trinajstić information content (AvgIpc) is 2.61. The summed E-state index contributed by atoms with van der Waals surface area (Å²) in [6.45, 7) is 0.561. The van der Waals surface area contributed by atoms with Gasteiger partial charge in [0.1, 0.15) is 0 Å². The molecule has 0 saturated carbocycles. The van der Waals surface area contributed by atoms with Gasteiger partial charge in [-0.25, -0.2) is 0 Å². The largest absolute Gasteiger partial charge is 0.395 e. The third kappa shape index (κ3) is 4.98. The quantitative estimate of drug-likeness (QED) is 0.720. The summed E-state index contributed by atoms with van der Waals surface area (Å²) in [4.78, 5) is 28.6. The Kier molecular flexibility index (Phi) is 6.87. The van der Waals surface area contributed by atoms with Crippen LogP contribution in [0.15, 0.2) is 53.0 Å². The van der Waals surface area contributed by atoms with Crippen molar-refractivity contribution in [2.45, 2.75) is 0 Å². The van der Waals surface area contributed by atoms with E-state index in [0.29, 0.717) is 23.4 Å².